The standard InChI is InChI=1S/C32H25N9OS/c1-21-19-30(41-31(34-21)38-32(39-41)43-20-29-36-26-5-2-3-6-27(26)37-29)35-24-12-10-23(11-13-24)28(42)16-9-22-7-14-25(15-8-22)40-18-4-17-33-40/h2-19,35H,20H2,1H3,(H,36,37)/b16-9+. The van der Waals surface area contributed by atoms with Crippen LogP contribution >= 0.6 is 11.8 Å². The second-order valence-electron chi connectivity index (χ2n) is 9.82. The number of hydrogen-bond donors (Lipinski definition) is 2. The summed E-state index contributed by atoms with van der Waals surface area (Å²) in [5.41, 5.74) is 6.05. The number of carbonyl (C=O) groups excluding carboxylic acids is 1. The minimum Gasteiger partial charge on any atom is -0.341 e. The third-order valence-corrected chi connectivity index (χ3v) is 7.58. The topological polar surface area (TPSA) is 119 Å². The van der Waals surface area contributed by atoms with E-state index >= 15 is 0 Å². The zero-order valence-corrected chi connectivity index (χ0v) is 23.9. The second-order valence-corrected chi connectivity index (χ2v) is 10.8. The van der Waals surface area contributed by atoms with Gasteiger partial charge in [-0.15, -0.1) is 5.10 Å². The Morgan fingerprint density at radius 3 is 2.60 bits per heavy atom. The molecule has 0 spiro atoms. The number of aryl methyl sites for hydroxylation is 1. The number of nitrogens with one attached hydrogen (secondary N) is 2. The van der Waals surface area contributed by atoms with Crippen LogP contribution in [0.5, 0.6) is 0 Å². The molecular formula is C32H25N9OS. The first-order chi connectivity index (χ1) is 21.1. The highest BCUT2D eigenvalue weighted by Crippen LogP contribution is 2.24. The molecule has 0 aliphatic carbocycles. The van der Waals surface area contributed by atoms with Crippen LogP contribution in [0.15, 0.2) is 109 Å². The Morgan fingerprint density at radius 2 is 1.81 bits per heavy atom. The predicted molar refractivity (Wildman–Crippen MR) is 168 cm³/mol. The maximum Gasteiger partial charge on any atom is 0.255 e. The van der Waals surface area contributed by atoms with Gasteiger partial charge in [0, 0.05) is 35.4 Å². The summed E-state index contributed by atoms with van der Waals surface area (Å²) in [4.78, 5) is 29.9. The minimum absolute atomic E-state index is 0.0766. The van der Waals surface area contributed by atoms with E-state index in [0.29, 0.717) is 22.3 Å². The van der Waals surface area contributed by atoms with Crippen LogP contribution in [0.3, 0.4) is 0 Å². The Labute approximate surface area is 250 Å². The van der Waals surface area contributed by atoms with Gasteiger partial charge in [-0.3, -0.25) is 4.79 Å². The van der Waals surface area contributed by atoms with Crippen molar-refractivity contribution in [3.63, 3.8) is 0 Å². The number of rotatable bonds is 9. The van der Waals surface area contributed by atoms with Gasteiger partial charge in [-0.25, -0.2) is 14.6 Å². The normalized spacial score (nSPS) is 11.6. The molecule has 7 rings (SSSR count). The molecule has 4 aromatic heterocycles. The number of nitrogens with zero attached hydrogens (tertiary/aromatic N) is 7. The summed E-state index contributed by atoms with van der Waals surface area (Å²) in [7, 11) is 0. The number of hydrogen-bond acceptors (Lipinski definition) is 8. The summed E-state index contributed by atoms with van der Waals surface area (Å²) in [5.74, 6) is 2.62. The maximum absolute atomic E-state index is 12.8. The Hall–Kier alpha value is -5.55. The first kappa shape index (κ1) is 26.4. The van der Waals surface area contributed by atoms with Crippen LogP contribution in [0, 0.1) is 6.92 Å². The number of benzene rings is 3. The summed E-state index contributed by atoms with van der Waals surface area (Å²) in [6.45, 7) is 1.92. The third kappa shape index (κ3) is 5.79. The van der Waals surface area contributed by atoms with Crippen molar-refractivity contribution in [3.05, 3.63) is 126 Å². The van der Waals surface area contributed by atoms with Crippen molar-refractivity contribution < 1.29 is 4.79 Å². The van der Waals surface area contributed by atoms with Gasteiger partial charge >= 0.3 is 0 Å². The van der Waals surface area contributed by atoms with Crippen LogP contribution in [0.2, 0.25) is 0 Å². The fourth-order valence-corrected chi connectivity index (χ4v) is 5.31. The lowest BCUT2D eigenvalue weighted by molar-refractivity contribution is 0.104. The highest BCUT2D eigenvalue weighted by atomic mass is 32.2. The number of allylic oxidation sites excluding steroid dienone is 1. The molecule has 4 heterocycles. The quantitative estimate of drug-likeness (QED) is 0.113. The molecule has 0 unspecified atom stereocenters. The molecule has 0 atom stereocenters. The number of fused-ring (bicyclic) bond motifs is 2. The van der Waals surface area contributed by atoms with Crippen LogP contribution < -0.4 is 5.32 Å². The van der Waals surface area contributed by atoms with E-state index in [9.17, 15) is 4.79 Å². The zero-order valence-electron chi connectivity index (χ0n) is 23.0. The van der Waals surface area contributed by atoms with Gasteiger partial charge in [0.15, 0.2) is 5.78 Å². The highest BCUT2D eigenvalue weighted by molar-refractivity contribution is 7.98. The molecule has 7 aromatic rings. The van der Waals surface area contributed by atoms with Gasteiger partial charge in [0.25, 0.3) is 5.78 Å². The summed E-state index contributed by atoms with van der Waals surface area (Å²) in [6, 6.07) is 26.9. The number of para-hydroxylation sites is 2. The summed E-state index contributed by atoms with van der Waals surface area (Å²) in [5, 5.41) is 12.9. The van der Waals surface area contributed by atoms with Crippen LogP contribution in [0.4, 0.5) is 11.5 Å². The van der Waals surface area contributed by atoms with Gasteiger partial charge in [0.2, 0.25) is 5.16 Å². The van der Waals surface area contributed by atoms with Crippen LogP contribution in [-0.2, 0) is 5.75 Å². The van der Waals surface area contributed by atoms with Gasteiger partial charge in [-0.1, -0.05) is 42.1 Å². The van der Waals surface area contributed by atoms with Crippen LogP contribution in [0.25, 0.3) is 28.6 Å². The smallest absolute Gasteiger partial charge is 0.255 e. The molecule has 11 heteroatoms. The average Bonchev–Trinajstić information content (AvgIpc) is 3.79. The van der Waals surface area contributed by atoms with E-state index in [2.05, 4.69) is 35.5 Å². The first-order valence-electron chi connectivity index (χ1n) is 13.6. The highest BCUT2D eigenvalue weighted by Gasteiger charge is 2.13. The second kappa shape index (κ2) is 11.4. The molecule has 3 aromatic carbocycles. The maximum atomic E-state index is 12.8. The number of carbonyl (C=O) groups is 1. The number of anilines is 2. The molecule has 43 heavy (non-hydrogen) atoms. The molecule has 0 aliphatic heterocycles. The molecule has 0 aliphatic rings. The van der Waals surface area contributed by atoms with Crippen LogP contribution in [0.1, 0.15) is 27.4 Å². The molecule has 210 valence electrons. The fourth-order valence-electron chi connectivity index (χ4n) is 4.62. The van der Waals surface area contributed by atoms with Crippen molar-refractivity contribution in [1.82, 2.24) is 39.3 Å². The van der Waals surface area contributed by atoms with Gasteiger partial charge in [0.1, 0.15) is 11.6 Å². The number of thioether (sulfide) groups is 1. The molecule has 0 radical (unpaired) electrons. The number of ketones is 1. The van der Waals surface area contributed by atoms with E-state index in [1.807, 2.05) is 92.0 Å². The van der Waals surface area contributed by atoms with Crippen molar-refractivity contribution in [2.45, 2.75) is 17.8 Å². The summed E-state index contributed by atoms with van der Waals surface area (Å²) >= 11 is 1.49. The molecule has 0 fully saturated rings. The molecule has 0 amide bonds. The van der Waals surface area contributed by atoms with E-state index in [1.54, 1.807) is 33.6 Å². The molecule has 0 bridgehead atoms. The van der Waals surface area contributed by atoms with Gasteiger partial charge in [-0.2, -0.15) is 14.6 Å². The minimum atomic E-state index is -0.0766. The van der Waals surface area contributed by atoms with Crippen molar-refractivity contribution >= 4 is 51.9 Å². The van der Waals surface area contributed by atoms with Crippen molar-refractivity contribution in [2.24, 2.45) is 0 Å². The summed E-state index contributed by atoms with van der Waals surface area (Å²) in [6.07, 6.45) is 7.02. The summed E-state index contributed by atoms with van der Waals surface area (Å²) < 4.78 is 3.48. The zero-order chi connectivity index (χ0) is 29.2. The number of aromatic nitrogens is 8. The molecule has 0 saturated carbocycles. The molecule has 2 N–H and O–H groups in total. The lowest BCUT2D eigenvalue weighted by atomic mass is 10.1. The number of H-pyrrole nitrogens is 1. The predicted octanol–water partition coefficient (Wildman–Crippen LogP) is 6.43. The molecule has 10 nitrogen and oxygen atoms in total. The third-order valence-electron chi connectivity index (χ3n) is 6.73. The molecular weight excluding hydrogens is 558 g/mol. The lowest BCUT2D eigenvalue weighted by Gasteiger charge is -2.09. The van der Waals surface area contributed by atoms with Crippen molar-refractivity contribution in [3.8, 4) is 5.69 Å². The van der Waals surface area contributed by atoms with E-state index in [0.717, 1.165) is 45.3 Å². The average molecular weight is 584 g/mol. The van der Waals surface area contributed by atoms with Crippen LogP contribution in [-0.4, -0.2) is 45.1 Å². The van der Waals surface area contributed by atoms with Gasteiger partial charge < -0.3 is 10.3 Å². The number of imidazole rings is 1. The monoisotopic (exact) mass is 583 g/mol. The van der Waals surface area contributed by atoms with Gasteiger partial charge in [-0.05, 0) is 73.2 Å². The largest absolute Gasteiger partial charge is 0.341 e. The van der Waals surface area contributed by atoms with E-state index in [4.69, 9.17) is 0 Å². The SMILES string of the molecule is Cc1cc(Nc2ccc(C(=O)/C=C/c3ccc(-n4cccn4)cc3)cc2)n2nc(SCc3nc4ccccc4[nH]3)nc2n1. The molecule has 0 saturated heterocycles. The van der Waals surface area contributed by atoms with E-state index in [1.165, 1.54) is 11.8 Å². The Morgan fingerprint density at radius 1 is 0.977 bits per heavy atom. The number of aromatic amines is 1. The van der Waals surface area contributed by atoms with E-state index < -0.39 is 0 Å². The van der Waals surface area contributed by atoms with E-state index in [-0.39, 0.29) is 5.78 Å². The lowest BCUT2D eigenvalue weighted by Crippen LogP contribution is -2.03. The Bertz CT molecular complexity index is 2040. The first-order valence-corrected chi connectivity index (χ1v) is 14.6. The fraction of sp³-hybridized carbons (Fsp3) is 0.0625. The van der Waals surface area contributed by atoms with Gasteiger partial charge in [0.05, 0.1) is 22.5 Å². The Kier molecular flexibility index (Phi) is 6.97. The Balaban J connectivity index is 1.02. The van der Waals surface area contributed by atoms with Crippen molar-refractivity contribution in [2.75, 3.05) is 5.32 Å². The van der Waals surface area contributed by atoms with Crippen molar-refractivity contribution in [1.29, 1.82) is 0 Å².